The lowest BCUT2D eigenvalue weighted by Crippen LogP contribution is -2.06. The third kappa shape index (κ3) is 1.06. The van der Waals surface area contributed by atoms with Gasteiger partial charge in [0.25, 0.3) is 0 Å². The molecule has 0 amide bonds. The Labute approximate surface area is 65.7 Å². The van der Waals surface area contributed by atoms with Crippen molar-refractivity contribution >= 4 is 11.8 Å². The highest BCUT2D eigenvalue weighted by Gasteiger charge is 2.14. The van der Waals surface area contributed by atoms with Gasteiger partial charge in [-0.1, -0.05) is 29.9 Å². The summed E-state index contributed by atoms with van der Waals surface area (Å²) in [6, 6.07) is 0. The van der Waals surface area contributed by atoms with E-state index in [0.717, 1.165) is 6.42 Å². The predicted molar refractivity (Wildman–Crippen MR) is 47.0 cm³/mol. The molecule has 0 aromatic rings. The summed E-state index contributed by atoms with van der Waals surface area (Å²) in [5.74, 6) is 0. The highest BCUT2D eigenvalue weighted by Crippen LogP contribution is 2.31. The number of fused-ring (bicyclic) bond motifs is 1. The van der Waals surface area contributed by atoms with Crippen LogP contribution in [-0.4, -0.2) is 5.25 Å². The van der Waals surface area contributed by atoms with E-state index in [1.54, 1.807) is 5.57 Å². The molecule has 0 saturated heterocycles. The second-order valence-electron chi connectivity index (χ2n) is 2.58. The van der Waals surface area contributed by atoms with Gasteiger partial charge in [0.2, 0.25) is 0 Å². The highest BCUT2D eigenvalue weighted by atomic mass is 32.2. The van der Waals surface area contributed by atoms with Gasteiger partial charge in [0.1, 0.15) is 0 Å². The van der Waals surface area contributed by atoms with Gasteiger partial charge in [0.05, 0.1) is 0 Å². The zero-order chi connectivity index (χ0) is 6.81. The van der Waals surface area contributed by atoms with Crippen LogP contribution in [0.2, 0.25) is 0 Å². The molecule has 1 heteroatoms. The summed E-state index contributed by atoms with van der Waals surface area (Å²) in [5, 5.41) is 2.87. The molecule has 1 unspecified atom stereocenters. The van der Waals surface area contributed by atoms with Gasteiger partial charge in [-0.05, 0) is 18.2 Å². The Kier molecular flexibility index (Phi) is 1.68. The van der Waals surface area contributed by atoms with Gasteiger partial charge < -0.3 is 0 Å². The van der Waals surface area contributed by atoms with Gasteiger partial charge in [-0.25, -0.2) is 0 Å². The zero-order valence-corrected chi connectivity index (χ0v) is 6.60. The van der Waals surface area contributed by atoms with Crippen molar-refractivity contribution in [2.45, 2.75) is 18.1 Å². The van der Waals surface area contributed by atoms with Gasteiger partial charge >= 0.3 is 0 Å². The van der Waals surface area contributed by atoms with E-state index >= 15 is 0 Å². The molecule has 0 spiro atoms. The average Bonchev–Trinajstić information content (AvgIpc) is 2.05. The van der Waals surface area contributed by atoms with E-state index in [2.05, 4.69) is 29.7 Å². The fourth-order valence-corrected chi connectivity index (χ4v) is 2.26. The Balaban J connectivity index is 2.23. The Morgan fingerprint density at radius 3 is 3.30 bits per heavy atom. The van der Waals surface area contributed by atoms with Crippen molar-refractivity contribution in [3.05, 3.63) is 35.3 Å². The molecule has 1 aliphatic carbocycles. The molecule has 52 valence electrons. The molecule has 0 N–H and O–H groups in total. The van der Waals surface area contributed by atoms with E-state index in [1.165, 1.54) is 6.42 Å². The molecule has 2 rings (SSSR count). The summed E-state index contributed by atoms with van der Waals surface area (Å²) >= 11 is 1.91. The minimum atomic E-state index is 0.666. The van der Waals surface area contributed by atoms with Crippen LogP contribution >= 0.6 is 11.8 Å². The molecule has 0 nitrogen and oxygen atoms in total. The Bertz CT molecular complexity index is 211. The van der Waals surface area contributed by atoms with Crippen LogP contribution in [0.1, 0.15) is 12.8 Å². The molecule has 1 aliphatic heterocycles. The maximum atomic E-state index is 2.35. The number of thioether (sulfide) groups is 1. The van der Waals surface area contributed by atoms with Crippen LogP contribution < -0.4 is 0 Å². The number of rotatable bonds is 0. The van der Waals surface area contributed by atoms with Crippen molar-refractivity contribution in [2.24, 2.45) is 0 Å². The van der Waals surface area contributed by atoms with E-state index < -0.39 is 0 Å². The summed E-state index contributed by atoms with van der Waals surface area (Å²) in [5.41, 5.74) is 1.59. The molecule has 0 bridgehead atoms. The molecule has 0 fully saturated rings. The summed E-state index contributed by atoms with van der Waals surface area (Å²) in [6.45, 7) is 0. The standard InChI is InChI=1S/C9H10S/c1-2-6-9-8(4-1)5-3-7-10-9/h2-4,6-7,9H,1,5H2. The quantitative estimate of drug-likeness (QED) is 0.478. The first-order chi connectivity index (χ1) is 4.97. The topological polar surface area (TPSA) is 0 Å². The van der Waals surface area contributed by atoms with Gasteiger partial charge in [-0.2, -0.15) is 0 Å². The summed E-state index contributed by atoms with van der Waals surface area (Å²) in [6.07, 6.45) is 11.5. The predicted octanol–water partition coefficient (Wildman–Crippen LogP) is 2.89. The Hall–Kier alpha value is -0.430. The van der Waals surface area contributed by atoms with Crippen molar-refractivity contribution in [1.82, 2.24) is 0 Å². The zero-order valence-electron chi connectivity index (χ0n) is 5.79. The maximum absolute atomic E-state index is 2.35. The van der Waals surface area contributed by atoms with Crippen LogP contribution in [0.25, 0.3) is 0 Å². The van der Waals surface area contributed by atoms with E-state index in [1.807, 2.05) is 11.8 Å². The van der Waals surface area contributed by atoms with Gasteiger partial charge in [0, 0.05) is 5.25 Å². The van der Waals surface area contributed by atoms with Crippen molar-refractivity contribution in [3.63, 3.8) is 0 Å². The van der Waals surface area contributed by atoms with E-state index in [-0.39, 0.29) is 0 Å². The smallest absolute Gasteiger partial charge is 0.0481 e. The third-order valence-corrected chi connectivity index (χ3v) is 2.97. The number of hydrogen-bond acceptors (Lipinski definition) is 1. The average molecular weight is 150 g/mol. The number of hydrogen-bond donors (Lipinski definition) is 0. The molecule has 1 heterocycles. The minimum Gasteiger partial charge on any atom is -0.122 e. The first-order valence-corrected chi connectivity index (χ1v) is 4.57. The van der Waals surface area contributed by atoms with Crippen LogP contribution in [-0.2, 0) is 0 Å². The molecular weight excluding hydrogens is 140 g/mol. The van der Waals surface area contributed by atoms with Crippen LogP contribution in [0.3, 0.4) is 0 Å². The van der Waals surface area contributed by atoms with E-state index in [9.17, 15) is 0 Å². The molecule has 0 aromatic carbocycles. The molecular formula is C9H10S. The fraction of sp³-hybridized carbons (Fsp3) is 0.333. The van der Waals surface area contributed by atoms with E-state index in [4.69, 9.17) is 0 Å². The van der Waals surface area contributed by atoms with Gasteiger partial charge in [-0.3, -0.25) is 0 Å². The molecule has 10 heavy (non-hydrogen) atoms. The second kappa shape index (κ2) is 2.67. The molecule has 0 aromatic heterocycles. The maximum Gasteiger partial charge on any atom is 0.0481 e. The normalized spacial score (nSPS) is 29.6. The van der Waals surface area contributed by atoms with E-state index in [0.29, 0.717) is 5.25 Å². The third-order valence-electron chi connectivity index (χ3n) is 1.87. The minimum absolute atomic E-state index is 0.666. The Morgan fingerprint density at radius 1 is 1.40 bits per heavy atom. The first-order valence-electron chi connectivity index (χ1n) is 3.63. The summed E-state index contributed by atoms with van der Waals surface area (Å²) < 4.78 is 0. The number of allylic oxidation sites excluding steroid dienone is 3. The van der Waals surface area contributed by atoms with Gasteiger partial charge in [0.15, 0.2) is 0 Å². The molecule has 0 radical (unpaired) electrons. The lowest BCUT2D eigenvalue weighted by atomic mass is 10.0. The van der Waals surface area contributed by atoms with Crippen molar-refractivity contribution in [2.75, 3.05) is 0 Å². The highest BCUT2D eigenvalue weighted by molar-refractivity contribution is 8.03. The van der Waals surface area contributed by atoms with Crippen LogP contribution in [0.15, 0.2) is 35.3 Å². The molecule has 0 saturated carbocycles. The van der Waals surface area contributed by atoms with Crippen LogP contribution in [0.4, 0.5) is 0 Å². The van der Waals surface area contributed by atoms with Crippen molar-refractivity contribution < 1.29 is 0 Å². The fourth-order valence-electron chi connectivity index (χ4n) is 1.32. The Morgan fingerprint density at radius 2 is 2.40 bits per heavy atom. The van der Waals surface area contributed by atoms with Crippen molar-refractivity contribution in [3.8, 4) is 0 Å². The SMILES string of the molecule is C1=CC2SC=CCC2=CC1. The summed E-state index contributed by atoms with van der Waals surface area (Å²) in [7, 11) is 0. The lowest BCUT2D eigenvalue weighted by Gasteiger charge is -2.20. The second-order valence-corrected chi connectivity index (χ2v) is 3.63. The first kappa shape index (κ1) is 6.29. The van der Waals surface area contributed by atoms with Crippen LogP contribution in [0, 0.1) is 0 Å². The largest absolute Gasteiger partial charge is 0.122 e. The van der Waals surface area contributed by atoms with Crippen LogP contribution in [0.5, 0.6) is 0 Å². The molecule has 1 atom stereocenters. The van der Waals surface area contributed by atoms with Crippen molar-refractivity contribution in [1.29, 1.82) is 0 Å². The molecule has 2 aliphatic rings. The summed E-state index contributed by atoms with van der Waals surface area (Å²) in [4.78, 5) is 0. The lowest BCUT2D eigenvalue weighted by molar-refractivity contribution is 1.05. The monoisotopic (exact) mass is 150 g/mol. The van der Waals surface area contributed by atoms with Gasteiger partial charge in [-0.15, -0.1) is 11.8 Å².